The summed E-state index contributed by atoms with van der Waals surface area (Å²) in [5, 5.41) is 3.63. The van der Waals surface area contributed by atoms with Gasteiger partial charge < -0.3 is 9.72 Å². The van der Waals surface area contributed by atoms with Crippen LogP contribution in [0.15, 0.2) is 60.1 Å². The van der Waals surface area contributed by atoms with E-state index in [1.54, 1.807) is 17.5 Å². The Balaban J connectivity index is 1.52. The molecule has 6 heteroatoms. The van der Waals surface area contributed by atoms with Crippen LogP contribution in [0.3, 0.4) is 0 Å². The van der Waals surface area contributed by atoms with Crippen LogP contribution in [-0.4, -0.2) is 15.0 Å². The summed E-state index contributed by atoms with van der Waals surface area (Å²) in [6.45, 7) is 2.48. The molecule has 0 saturated carbocycles. The van der Waals surface area contributed by atoms with E-state index in [-0.39, 0.29) is 0 Å². The Hall–Kier alpha value is -2.63. The van der Waals surface area contributed by atoms with Crippen molar-refractivity contribution in [3.05, 3.63) is 75.8 Å². The van der Waals surface area contributed by atoms with Crippen molar-refractivity contribution in [3.8, 4) is 28.4 Å². The highest BCUT2D eigenvalue weighted by Gasteiger charge is 2.10. The van der Waals surface area contributed by atoms with Crippen molar-refractivity contribution in [2.24, 2.45) is 0 Å². The van der Waals surface area contributed by atoms with E-state index in [1.165, 1.54) is 0 Å². The van der Waals surface area contributed by atoms with Gasteiger partial charge in [-0.25, -0.2) is 9.97 Å². The molecule has 0 unspecified atom stereocenters. The van der Waals surface area contributed by atoms with E-state index in [0.29, 0.717) is 6.61 Å². The van der Waals surface area contributed by atoms with Gasteiger partial charge in [0.1, 0.15) is 23.2 Å². The molecule has 0 aliphatic carbocycles. The van der Waals surface area contributed by atoms with E-state index >= 15 is 0 Å². The molecule has 2 heterocycles. The molecule has 2 aromatic heterocycles. The molecule has 130 valence electrons. The van der Waals surface area contributed by atoms with Crippen LogP contribution >= 0.6 is 22.9 Å². The number of aromatic nitrogens is 3. The zero-order valence-electron chi connectivity index (χ0n) is 14.1. The average Bonchev–Trinajstić information content (AvgIpc) is 3.31. The van der Waals surface area contributed by atoms with E-state index in [9.17, 15) is 0 Å². The summed E-state index contributed by atoms with van der Waals surface area (Å²) in [6.07, 6.45) is 1.78. The van der Waals surface area contributed by atoms with E-state index in [0.717, 1.165) is 44.1 Å². The minimum atomic E-state index is 0.484. The average molecular weight is 382 g/mol. The maximum absolute atomic E-state index is 5.97. The maximum atomic E-state index is 5.97. The fraction of sp³-hybridized carbons (Fsp3) is 0.100. The van der Waals surface area contributed by atoms with Crippen LogP contribution in [0.25, 0.3) is 22.6 Å². The summed E-state index contributed by atoms with van der Waals surface area (Å²) >= 11 is 7.56. The summed E-state index contributed by atoms with van der Waals surface area (Å²) < 4.78 is 5.76. The molecule has 0 bridgehead atoms. The second kappa shape index (κ2) is 7.32. The van der Waals surface area contributed by atoms with Gasteiger partial charge in [0.25, 0.3) is 0 Å². The number of benzene rings is 2. The Bertz CT molecular complexity index is 993. The number of hydrogen-bond acceptors (Lipinski definition) is 4. The van der Waals surface area contributed by atoms with Gasteiger partial charge in [-0.2, -0.15) is 0 Å². The lowest BCUT2D eigenvalue weighted by Gasteiger charge is -2.04. The highest BCUT2D eigenvalue weighted by atomic mass is 35.5. The standard InChI is InChI=1S/C20H16ClN3OS/c1-13-19(14-2-6-16(21)7-3-14)24-20(23-13)15-4-8-17(9-5-15)25-12-18-22-10-11-26-18/h2-11H,12H2,1H3,(H,23,24). The van der Waals surface area contributed by atoms with Gasteiger partial charge in [0.2, 0.25) is 0 Å². The van der Waals surface area contributed by atoms with Crippen LogP contribution in [0.4, 0.5) is 0 Å². The van der Waals surface area contributed by atoms with Crippen LogP contribution < -0.4 is 4.74 Å². The molecule has 0 fully saturated rings. The molecule has 4 aromatic rings. The minimum Gasteiger partial charge on any atom is -0.486 e. The van der Waals surface area contributed by atoms with Crippen molar-refractivity contribution in [2.75, 3.05) is 0 Å². The lowest BCUT2D eigenvalue weighted by Crippen LogP contribution is -1.94. The first-order valence-electron chi connectivity index (χ1n) is 8.13. The molecular weight excluding hydrogens is 366 g/mol. The van der Waals surface area contributed by atoms with Crippen molar-refractivity contribution < 1.29 is 4.74 Å². The third-order valence-electron chi connectivity index (χ3n) is 3.99. The third kappa shape index (κ3) is 3.64. The first-order valence-corrected chi connectivity index (χ1v) is 9.39. The number of aryl methyl sites for hydroxylation is 1. The summed E-state index contributed by atoms with van der Waals surface area (Å²) in [6, 6.07) is 15.6. The summed E-state index contributed by atoms with van der Waals surface area (Å²) in [4.78, 5) is 12.3. The van der Waals surface area contributed by atoms with Gasteiger partial charge >= 0.3 is 0 Å². The molecule has 0 saturated heterocycles. The molecule has 0 aliphatic rings. The van der Waals surface area contributed by atoms with Gasteiger partial charge in [0.05, 0.1) is 11.4 Å². The van der Waals surface area contributed by atoms with Crippen LogP contribution in [0, 0.1) is 6.92 Å². The van der Waals surface area contributed by atoms with Gasteiger partial charge in [0, 0.05) is 22.2 Å². The number of H-pyrrole nitrogens is 1. The predicted molar refractivity (Wildman–Crippen MR) is 106 cm³/mol. The summed E-state index contributed by atoms with van der Waals surface area (Å²) in [7, 11) is 0. The number of aromatic amines is 1. The van der Waals surface area contributed by atoms with Gasteiger partial charge in [-0.15, -0.1) is 11.3 Å². The Kier molecular flexibility index (Phi) is 4.73. The first kappa shape index (κ1) is 16.8. The SMILES string of the molecule is Cc1nc(-c2ccc(OCc3nccs3)cc2)[nH]c1-c1ccc(Cl)cc1. The van der Waals surface area contributed by atoms with Gasteiger partial charge in [0.15, 0.2) is 0 Å². The fourth-order valence-corrected chi connectivity index (χ4v) is 3.33. The molecule has 26 heavy (non-hydrogen) atoms. The summed E-state index contributed by atoms with van der Waals surface area (Å²) in [5.74, 6) is 1.64. The van der Waals surface area contributed by atoms with Crippen molar-refractivity contribution >= 4 is 22.9 Å². The molecule has 1 N–H and O–H groups in total. The second-order valence-corrected chi connectivity index (χ2v) is 7.21. The Morgan fingerprint density at radius 2 is 1.77 bits per heavy atom. The molecular formula is C20H16ClN3OS. The molecule has 4 nitrogen and oxygen atoms in total. The molecule has 4 rings (SSSR count). The largest absolute Gasteiger partial charge is 0.486 e. The quantitative estimate of drug-likeness (QED) is 0.479. The normalized spacial score (nSPS) is 10.8. The van der Waals surface area contributed by atoms with Crippen LogP contribution in [-0.2, 0) is 6.61 Å². The maximum Gasteiger partial charge on any atom is 0.140 e. The van der Waals surface area contributed by atoms with E-state index < -0.39 is 0 Å². The van der Waals surface area contributed by atoms with E-state index in [1.807, 2.05) is 60.8 Å². The lowest BCUT2D eigenvalue weighted by atomic mass is 10.1. The van der Waals surface area contributed by atoms with E-state index in [2.05, 4.69) is 15.0 Å². The Labute approximate surface area is 160 Å². The Morgan fingerprint density at radius 3 is 2.46 bits per heavy atom. The predicted octanol–water partition coefficient (Wildman–Crippen LogP) is 5.74. The van der Waals surface area contributed by atoms with Crippen LogP contribution in [0.2, 0.25) is 5.02 Å². The highest BCUT2D eigenvalue weighted by molar-refractivity contribution is 7.09. The number of hydrogen-bond donors (Lipinski definition) is 1. The number of nitrogens with zero attached hydrogens (tertiary/aromatic N) is 2. The molecule has 0 amide bonds. The third-order valence-corrected chi connectivity index (χ3v) is 5.00. The molecule has 2 aromatic carbocycles. The van der Waals surface area contributed by atoms with Gasteiger partial charge in [-0.3, -0.25) is 0 Å². The van der Waals surface area contributed by atoms with Crippen LogP contribution in [0.1, 0.15) is 10.7 Å². The lowest BCUT2D eigenvalue weighted by molar-refractivity contribution is 0.305. The highest BCUT2D eigenvalue weighted by Crippen LogP contribution is 2.27. The number of imidazole rings is 1. The van der Waals surface area contributed by atoms with Crippen LogP contribution in [0.5, 0.6) is 5.75 Å². The van der Waals surface area contributed by atoms with Gasteiger partial charge in [-0.1, -0.05) is 23.7 Å². The summed E-state index contributed by atoms with van der Waals surface area (Å²) in [5.41, 5.74) is 4.02. The van der Waals surface area contributed by atoms with Crippen molar-refractivity contribution in [3.63, 3.8) is 0 Å². The molecule has 0 aliphatic heterocycles. The first-order chi connectivity index (χ1) is 12.7. The van der Waals surface area contributed by atoms with Crippen molar-refractivity contribution in [1.29, 1.82) is 0 Å². The number of thiazole rings is 1. The monoisotopic (exact) mass is 381 g/mol. The van der Waals surface area contributed by atoms with Crippen molar-refractivity contribution in [2.45, 2.75) is 13.5 Å². The zero-order valence-corrected chi connectivity index (χ0v) is 15.6. The number of nitrogens with one attached hydrogen (secondary N) is 1. The topological polar surface area (TPSA) is 50.8 Å². The second-order valence-electron chi connectivity index (χ2n) is 5.79. The molecule has 0 spiro atoms. The zero-order chi connectivity index (χ0) is 17.9. The van der Waals surface area contributed by atoms with Crippen molar-refractivity contribution in [1.82, 2.24) is 15.0 Å². The minimum absolute atomic E-state index is 0.484. The van der Waals surface area contributed by atoms with E-state index in [4.69, 9.17) is 16.3 Å². The number of rotatable bonds is 5. The molecule has 0 radical (unpaired) electrons. The fourth-order valence-electron chi connectivity index (χ4n) is 2.67. The Morgan fingerprint density at radius 1 is 1.04 bits per heavy atom. The number of halogens is 1. The smallest absolute Gasteiger partial charge is 0.140 e. The number of ether oxygens (including phenoxy) is 1. The van der Waals surface area contributed by atoms with Gasteiger partial charge in [-0.05, 0) is 48.9 Å². The molecule has 0 atom stereocenters.